The van der Waals surface area contributed by atoms with Crippen LogP contribution in [0.25, 0.3) is 0 Å². The first-order chi connectivity index (χ1) is 9.29. The molecule has 0 aliphatic carbocycles. The fourth-order valence-corrected chi connectivity index (χ4v) is 3.56. The predicted molar refractivity (Wildman–Crippen MR) is 78.7 cm³/mol. The van der Waals surface area contributed by atoms with Crippen LogP contribution in [0.5, 0.6) is 0 Å². The monoisotopic (exact) mass is 333 g/mol. The van der Waals surface area contributed by atoms with E-state index < -0.39 is 10.0 Å². The zero-order chi connectivity index (χ0) is 14.9. The first-order valence-electron chi connectivity index (χ1n) is 5.80. The van der Waals surface area contributed by atoms with E-state index in [-0.39, 0.29) is 16.5 Å². The maximum atomic E-state index is 12.2. The second kappa shape index (κ2) is 5.77. The highest BCUT2D eigenvalue weighted by molar-refractivity contribution is 7.89. The van der Waals surface area contributed by atoms with Gasteiger partial charge in [-0.15, -0.1) is 0 Å². The van der Waals surface area contributed by atoms with Crippen molar-refractivity contribution in [2.24, 2.45) is 0 Å². The molecule has 1 heterocycles. The molecule has 2 rings (SSSR count). The highest BCUT2D eigenvalue weighted by Crippen LogP contribution is 2.25. The molecule has 0 saturated carbocycles. The third kappa shape index (κ3) is 3.35. The van der Waals surface area contributed by atoms with E-state index in [9.17, 15) is 8.42 Å². The maximum Gasteiger partial charge on any atom is 0.242 e. The molecule has 0 amide bonds. The molecular weight excluding hydrogens is 321 g/mol. The van der Waals surface area contributed by atoms with E-state index >= 15 is 0 Å². The van der Waals surface area contributed by atoms with Crippen LogP contribution in [0.3, 0.4) is 0 Å². The van der Waals surface area contributed by atoms with Crippen molar-refractivity contribution in [3.05, 3.63) is 51.4 Å². The second-order valence-electron chi connectivity index (χ2n) is 4.34. The Morgan fingerprint density at radius 1 is 1.20 bits per heavy atom. The Morgan fingerprint density at radius 2 is 1.90 bits per heavy atom. The SMILES string of the molecule is Cc1cc(CNS(=O)(=O)c2cc(Cl)ccc2Cl)c(C)o1. The summed E-state index contributed by atoms with van der Waals surface area (Å²) in [4.78, 5) is -0.0375. The molecule has 2 aromatic rings. The molecule has 0 aliphatic rings. The number of benzene rings is 1. The van der Waals surface area contributed by atoms with Crippen molar-refractivity contribution >= 4 is 33.2 Å². The van der Waals surface area contributed by atoms with Gasteiger partial charge in [-0.25, -0.2) is 13.1 Å². The van der Waals surface area contributed by atoms with E-state index in [1.165, 1.54) is 18.2 Å². The van der Waals surface area contributed by atoms with Gasteiger partial charge in [-0.1, -0.05) is 23.2 Å². The average Bonchev–Trinajstić information content (AvgIpc) is 2.68. The van der Waals surface area contributed by atoms with Gasteiger partial charge in [0.15, 0.2) is 0 Å². The topological polar surface area (TPSA) is 59.3 Å². The number of hydrogen-bond acceptors (Lipinski definition) is 3. The molecule has 0 bridgehead atoms. The molecule has 0 unspecified atom stereocenters. The van der Waals surface area contributed by atoms with E-state index in [2.05, 4.69) is 4.72 Å². The standard InChI is InChI=1S/C13H13Cl2NO3S/c1-8-5-10(9(2)19-8)7-16-20(17,18)13-6-11(14)3-4-12(13)15/h3-6,16H,7H2,1-2H3. The number of hydrogen-bond donors (Lipinski definition) is 1. The van der Waals surface area contributed by atoms with Gasteiger partial charge in [0.25, 0.3) is 0 Å². The summed E-state index contributed by atoms with van der Waals surface area (Å²) in [7, 11) is -3.73. The van der Waals surface area contributed by atoms with Crippen LogP contribution in [0, 0.1) is 13.8 Å². The van der Waals surface area contributed by atoms with Crippen LogP contribution in [0.2, 0.25) is 10.0 Å². The number of rotatable bonds is 4. The summed E-state index contributed by atoms with van der Waals surface area (Å²) in [6.07, 6.45) is 0. The minimum atomic E-state index is -3.73. The van der Waals surface area contributed by atoms with Crippen molar-refractivity contribution in [3.8, 4) is 0 Å². The van der Waals surface area contributed by atoms with Gasteiger partial charge in [0.1, 0.15) is 16.4 Å². The Kier molecular flexibility index (Phi) is 4.44. The van der Waals surface area contributed by atoms with Crippen molar-refractivity contribution in [2.45, 2.75) is 25.3 Å². The van der Waals surface area contributed by atoms with Crippen molar-refractivity contribution in [1.29, 1.82) is 0 Å². The molecule has 1 N–H and O–H groups in total. The number of aryl methyl sites for hydroxylation is 2. The summed E-state index contributed by atoms with van der Waals surface area (Å²) >= 11 is 11.7. The minimum Gasteiger partial charge on any atom is -0.466 e. The normalized spacial score (nSPS) is 11.8. The first-order valence-corrected chi connectivity index (χ1v) is 8.04. The Bertz CT molecular complexity index is 738. The maximum absolute atomic E-state index is 12.2. The molecule has 0 spiro atoms. The lowest BCUT2D eigenvalue weighted by atomic mass is 10.2. The number of sulfonamides is 1. The fourth-order valence-electron chi connectivity index (χ4n) is 1.79. The highest BCUT2D eigenvalue weighted by atomic mass is 35.5. The zero-order valence-corrected chi connectivity index (χ0v) is 13.2. The summed E-state index contributed by atoms with van der Waals surface area (Å²) in [5.41, 5.74) is 0.782. The van der Waals surface area contributed by atoms with Crippen molar-refractivity contribution in [2.75, 3.05) is 0 Å². The summed E-state index contributed by atoms with van der Waals surface area (Å²) in [5, 5.41) is 0.437. The Hall–Kier alpha value is -1.01. The van der Waals surface area contributed by atoms with Gasteiger partial charge in [0.2, 0.25) is 10.0 Å². The van der Waals surface area contributed by atoms with Crippen LogP contribution in [0.4, 0.5) is 0 Å². The highest BCUT2D eigenvalue weighted by Gasteiger charge is 2.19. The van der Waals surface area contributed by atoms with E-state index in [1.54, 1.807) is 19.9 Å². The third-order valence-corrected chi connectivity index (χ3v) is 4.90. The lowest BCUT2D eigenvalue weighted by Gasteiger charge is -2.08. The van der Waals surface area contributed by atoms with Gasteiger partial charge in [0, 0.05) is 17.1 Å². The smallest absolute Gasteiger partial charge is 0.242 e. The van der Waals surface area contributed by atoms with Gasteiger partial charge in [-0.3, -0.25) is 0 Å². The van der Waals surface area contributed by atoms with Crippen LogP contribution in [-0.4, -0.2) is 8.42 Å². The number of furan rings is 1. The Labute approximate surface area is 127 Å². The second-order valence-corrected chi connectivity index (χ2v) is 6.92. The molecule has 0 fully saturated rings. The van der Waals surface area contributed by atoms with Gasteiger partial charge < -0.3 is 4.42 Å². The van der Waals surface area contributed by atoms with E-state index in [4.69, 9.17) is 27.6 Å². The molecular formula is C13H13Cl2NO3S. The van der Waals surface area contributed by atoms with Crippen molar-refractivity contribution in [3.63, 3.8) is 0 Å². The number of halogens is 2. The molecule has 0 aliphatic heterocycles. The quantitative estimate of drug-likeness (QED) is 0.928. The lowest BCUT2D eigenvalue weighted by molar-refractivity contribution is 0.500. The average molecular weight is 334 g/mol. The molecule has 7 heteroatoms. The van der Waals surface area contributed by atoms with Crippen LogP contribution in [0.1, 0.15) is 17.1 Å². The third-order valence-electron chi connectivity index (χ3n) is 2.78. The van der Waals surface area contributed by atoms with Crippen LogP contribution < -0.4 is 4.72 Å². The van der Waals surface area contributed by atoms with Crippen molar-refractivity contribution < 1.29 is 12.8 Å². The van der Waals surface area contributed by atoms with Gasteiger partial charge in [-0.2, -0.15) is 0 Å². The molecule has 4 nitrogen and oxygen atoms in total. The first kappa shape index (κ1) is 15.4. The van der Waals surface area contributed by atoms with Crippen molar-refractivity contribution in [1.82, 2.24) is 4.72 Å². The summed E-state index contributed by atoms with van der Waals surface area (Å²) in [5.74, 6) is 1.42. The van der Waals surface area contributed by atoms with Crippen LogP contribution in [0.15, 0.2) is 33.6 Å². The molecule has 1 aromatic carbocycles. The minimum absolute atomic E-state index is 0.0375. The van der Waals surface area contributed by atoms with E-state index in [0.29, 0.717) is 10.8 Å². The van der Waals surface area contributed by atoms with E-state index in [1.807, 2.05) is 0 Å². The van der Waals surface area contributed by atoms with Crippen LogP contribution >= 0.6 is 23.2 Å². The Balaban J connectivity index is 2.23. The predicted octanol–water partition coefficient (Wildman–Crippen LogP) is 3.68. The molecule has 0 saturated heterocycles. The molecule has 0 radical (unpaired) electrons. The zero-order valence-electron chi connectivity index (χ0n) is 10.9. The summed E-state index contributed by atoms with van der Waals surface area (Å²) in [6, 6.07) is 6.09. The number of nitrogens with one attached hydrogen (secondary N) is 1. The molecule has 20 heavy (non-hydrogen) atoms. The lowest BCUT2D eigenvalue weighted by Crippen LogP contribution is -2.23. The van der Waals surface area contributed by atoms with Gasteiger partial charge in [-0.05, 0) is 38.1 Å². The molecule has 0 atom stereocenters. The molecule has 1 aromatic heterocycles. The van der Waals surface area contributed by atoms with E-state index in [0.717, 1.165) is 11.3 Å². The van der Waals surface area contributed by atoms with Crippen LogP contribution in [-0.2, 0) is 16.6 Å². The summed E-state index contributed by atoms with van der Waals surface area (Å²) in [6.45, 7) is 3.72. The Morgan fingerprint density at radius 3 is 2.50 bits per heavy atom. The fraction of sp³-hybridized carbons (Fsp3) is 0.231. The largest absolute Gasteiger partial charge is 0.466 e. The van der Waals surface area contributed by atoms with Gasteiger partial charge >= 0.3 is 0 Å². The van der Waals surface area contributed by atoms with Gasteiger partial charge in [0.05, 0.1) is 5.02 Å². The molecule has 108 valence electrons. The summed E-state index contributed by atoms with van der Waals surface area (Å²) < 4.78 is 32.3.